The summed E-state index contributed by atoms with van der Waals surface area (Å²) in [6, 6.07) is 10.8. The van der Waals surface area contributed by atoms with E-state index in [9.17, 15) is 0 Å². The van der Waals surface area contributed by atoms with Gasteiger partial charge in [-0.1, -0.05) is 29.8 Å². The average Bonchev–Trinajstić information content (AvgIpc) is 2.42. The monoisotopic (exact) mass is 269 g/mol. The molecule has 0 heterocycles. The minimum absolute atomic E-state index is 0.834. The Morgan fingerprint density at radius 1 is 0.950 bits per heavy atom. The van der Waals surface area contributed by atoms with Crippen molar-refractivity contribution in [1.29, 1.82) is 0 Å². The Hall–Kier alpha value is -1.96. The maximum absolute atomic E-state index is 5.47. The molecule has 2 aromatic carbocycles. The van der Waals surface area contributed by atoms with E-state index in [-0.39, 0.29) is 0 Å². The van der Waals surface area contributed by atoms with E-state index in [0.29, 0.717) is 0 Å². The molecule has 1 N–H and O–H groups in total. The molecule has 0 atom stereocenters. The Morgan fingerprint density at radius 3 is 2.35 bits per heavy atom. The highest BCUT2D eigenvalue weighted by Gasteiger charge is 2.08. The van der Waals surface area contributed by atoms with Crippen LogP contribution in [0.4, 0.5) is 5.69 Å². The van der Waals surface area contributed by atoms with E-state index in [1.54, 1.807) is 7.11 Å². The second-order valence-corrected chi connectivity index (χ2v) is 5.37. The summed E-state index contributed by atoms with van der Waals surface area (Å²) in [7, 11) is 1.73. The van der Waals surface area contributed by atoms with Crippen LogP contribution >= 0.6 is 0 Å². The van der Waals surface area contributed by atoms with E-state index in [4.69, 9.17) is 4.74 Å². The molecular formula is C18H23NO. The van der Waals surface area contributed by atoms with Crippen molar-refractivity contribution in [3.63, 3.8) is 0 Å². The maximum atomic E-state index is 5.47. The minimum Gasteiger partial charge on any atom is -0.496 e. The Labute approximate surface area is 121 Å². The Kier molecular flexibility index (Phi) is 4.33. The predicted molar refractivity (Wildman–Crippen MR) is 85.7 cm³/mol. The molecule has 0 unspecified atom stereocenters. The third-order valence-electron chi connectivity index (χ3n) is 3.78. The largest absolute Gasteiger partial charge is 0.496 e. The van der Waals surface area contributed by atoms with Gasteiger partial charge in [0.1, 0.15) is 5.75 Å². The van der Waals surface area contributed by atoms with Crippen LogP contribution in [-0.4, -0.2) is 7.11 Å². The molecule has 106 valence electrons. The fraction of sp³-hybridized carbons (Fsp3) is 0.333. The smallest absolute Gasteiger partial charge is 0.126 e. The summed E-state index contributed by atoms with van der Waals surface area (Å²) >= 11 is 0. The minimum atomic E-state index is 0.834. The van der Waals surface area contributed by atoms with Gasteiger partial charge in [0.05, 0.1) is 7.11 Å². The average molecular weight is 269 g/mol. The van der Waals surface area contributed by atoms with Gasteiger partial charge in [-0.25, -0.2) is 0 Å². The highest BCUT2D eigenvalue weighted by molar-refractivity contribution is 5.59. The number of nitrogens with one attached hydrogen (secondary N) is 1. The molecule has 0 spiro atoms. The molecule has 0 aliphatic rings. The molecule has 2 heteroatoms. The first kappa shape index (κ1) is 14.4. The highest BCUT2D eigenvalue weighted by Crippen LogP contribution is 2.29. The van der Waals surface area contributed by atoms with Crippen molar-refractivity contribution in [2.45, 2.75) is 34.2 Å². The summed E-state index contributed by atoms with van der Waals surface area (Å²) in [5, 5.41) is 3.52. The number of aryl methyl sites for hydroxylation is 3. The quantitative estimate of drug-likeness (QED) is 0.879. The third kappa shape index (κ3) is 2.96. The molecule has 0 bridgehead atoms. The third-order valence-corrected chi connectivity index (χ3v) is 3.78. The van der Waals surface area contributed by atoms with E-state index >= 15 is 0 Å². The van der Waals surface area contributed by atoms with Crippen LogP contribution in [0.15, 0.2) is 30.3 Å². The van der Waals surface area contributed by atoms with Crippen LogP contribution in [0.1, 0.15) is 27.8 Å². The van der Waals surface area contributed by atoms with E-state index in [0.717, 1.165) is 23.5 Å². The Balaban J connectivity index is 2.21. The number of hydrogen-bond donors (Lipinski definition) is 1. The molecule has 2 nitrogen and oxygen atoms in total. The number of anilines is 1. The molecule has 0 aliphatic heterocycles. The summed E-state index contributed by atoms with van der Waals surface area (Å²) in [4.78, 5) is 0. The van der Waals surface area contributed by atoms with Crippen molar-refractivity contribution >= 4 is 5.69 Å². The first-order valence-electron chi connectivity index (χ1n) is 6.97. The van der Waals surface area contributed by atoms with Gasteiger partial charge in [0, 0.05) is 17.8 Å². The summed E-state index contributed by atoms with van der Waals surface area (Å²) in [6.45, 7) is 9.28. The number of hydrogen-bond acceptors (Lipinski definition) is 2. The number of rotatable bonds is 4. The van der Waals surface area contributed by atoms with Gasteiger partial charge in [0.2, 0.25) is 0 Å². The molecular weight excluding hydrogens is 246 g/mol. The first-order chi connectivity index (χ1) is 9.52. The highest BCUT2D eigenvalue weighted by atomic mass is 16.5. The van der Waals surface area contributed by atoms with E-state index in [2.05, 4.69) is 63.3 Å². The van der Waals surface area contributed by atoms with Gasteiger partial charge in [-0.2, -0.15) is 0 Å². The molecule has 20 heavy (non-hydrogen) atoms. The molecule has 0 aliphatic carbocycles. The van der Waals surface area contributed by atoms with Crippen LogP contribution in [0, 0.1) is 27.7 Å². The van der Waals surface area contributed by atoms with Crippen LogP contribution in [0.25, 0.3) is 0 Å². The van der Waals surface area contributed by atoms with Gasteiger partial charge in [-0.3, -0.25) is 0 Å². The Morgan fingerprint density at radius 2 is 1.65 bits per heavy atom. The van der Waals surface area contributed by atoms with Gasteiger partial charge in [0.25, 0.3) is 0 Å². The van der Waals surface area contributed by atoms with E-state index < -0.39 is 0 Å². The predicted octanol–water partition coefficient (Wildman–Crippen LogP) is 4.54. The zero-order valence-corrected chi connectivity index (χ0v) is 13.0. The molecule has 2 aromatic rings. The second kappa shape index (κ2) is 6.00. The van der Waals surface area contributed by atoms with Crippen molar-refractivity contribution in [3.05, 3.63) is 58.1 Å². The van der Waals surface area contributed by atoms with Crippen molar-refractivity contribution in [3.8, 4) is 5.75 Å². The first-order valence-corrected chi connectivity index (χ1v) is 6.97. The standard InChI is InChI=1S/C18H23NO/c1-12-6-7-13(2)16(10-12)11-19-17-9-8-14(3)18(20-5)15(17)4/h6-10,19H,11H2,1-5H3. The zero-order valence-electron chi connectivity index (χ0n) is 13.0. The molecule has 0 amide bonds. The van der Waals surface area contributed by atoms with Crippen molar-refractivity contribution in [2.24, 2.45) is 0 Å². The summed E-state index contributed by atoms with van der Waals surface area (Å²) in [5.41, 5.74) is 7.42. The Bertz CT molecular complexity index is 617. The van der Waals surface area contributed by atoms with Gasteiger partial charge in [-0.05, 0) is 50.5 Å². The van der Waals surface area contributed by atoms with Crippen molar-refractivity contribution < 1.29 is 4.74 Å². The van der Waals surface area contributed by atoms with Gasteiger partial charge in [0.15, 0.2) is 0 Å². The number of ether oxygens (including phenoxy) is 1. The lowest BCUT2D eigenvalue weighted by atomic mass is 10.0. The summed E-state index contributed by atoms with van der Waals surface area (Å²) < 4.78 is 5.47. The van der Waals surface area contributed by atoms with Crippen LogP contribution < -0.4 is 10.1 Å². The maximum Gasteiger partial charge on any atom is 0.126 e. The molecule has 0 aromatic heterocycles. The van der Waals surface area contributed by atoms with Crippen molar-refractivity contribution in [1.82, 2.24) is 0 Å². The molecule has 0 saturated heterocycles. The topological polar surface area (TPSA) is 21.3 Å². The molecule has 0 fully saturated rings. The van der Waals surface area contributed by atoms with Crippen LogP contribution in [0.3, 0.4) is 0 Å². The van der Waals surface area contributed by atoms with Gasteiger partial charge < -0.3 is 10.1 Å². The fourth-order valence-electron chi connectivity index (χ4n) is 2.51. The lowest BCUT2D eigenvalue weighted by Crippen LogP contribution is -2.04. The van der Waals surface area contributed by atoms with E-state index in [1.165, 1.54) is 22.3 Å². The number of benzene rings is 2. The second-order valence-electron chi connectivity index (χ2n) is 5.37. The normalized spacial score (nSPS) is 10.4. The van der Waals surface area contributed by atoms with Gasteiger partial charge in [-0.15, -0.1) is 0 Å². The summed E-state index contributed by atoms with van der Waals surface area (Å²) in [6.07, 6.45) is 0. The molecule has 0 saturated carbocycles. The molecule has 2 rings (SSSR count). The molecule has 0 radical (unpaired) electrons. The fourth-order valence-corrected chi connectivity index (χ4v) is 2.51. The van der Waals surface area contributed by atoms with Crippen LogP contribution in [-0.2, 0) is 6.54 Å². The van der Waals surface area contributed by atoms with Crippen LogP contribution in [0.5, 0.6) is 5.75 Å². The zero-order chi connectivity index (χ0) is 14.7. The lowest BCUT2D eigenvalue weighted by molar-refractivity contribution is 0.409. The van der Waals surface area contributed by atoms with E-state index in [1.807, 2.05) is 0 Å². The van der Waals surface area contributed by atoms with Crippen molar-refractivity contribution in [2.75, 3.05) is 12.4 Å². The lowest BCUT2D eigenvalue weighted by Gasteiger charge is -2.16. The number of methoxy groups -OCH3 is 1. The van der Waals surface area contributed by atoms with Gasteiger partial charge >= 0.3 is 0 Å². The van der Waals surface area contributed by atoms with Crippen LogP contribution in [0.2, 0.25) is 0 Å². The SMILES string of the molecule is COc1c(C)ccc(NCc2cc(C)ccc2C)c1C. The summed E-state index contributed by atoms with van der Waals surface area (Å²) in [5.74, 6) is 0.968.